The minimum atomic E-state index is -0.766. The second-order valence-corrected chi connectivity index (χ2v) is 7.05. The molecule has 0 radical (unpaired) electrons. The van der Waals surface area contributed by atoms with Crippen molar-refractivity contribution in [2.24, 2.45) is 0 Å². The third-order valence-electron chi connectivity index (χ3n) is 4.81. The van der Waals surface area contributed by atoms with E-state index in [1.165, 1.54) is 12.3 Å². The van der Waals surface area contributed by atoms with Gasteiger partial charge in [-0.2, -0.15) is 0 Å². The van der Waals surface area contributed by atoms with Crippen LogP contribution < -0.4 is 0 Å². The van der Waals surface area contributed by atoms with Crippen molar-refractivity contribution in [2.45, 2.75) is 33.6 Å². The minimum Gasteiger partial charge on any atom is -0.457 e. The van der Waals surface area contributed by atoms with Gasteiger partial charge in [0.25, 0.3) is 0 Å². The van der Waals surface area contributed by atoms with Crippen LogP contribution in [-0.4, -0.2) is 23.3 Å². The van der Waals surface area contributed by atoms with Gasteiger partial charge < -0.3 is 9.15 Å². The highest BCUT2D eigenvalue weighted by atomic mass is 19.1. The normalized spacial score (nSPS) is 10.8. The average molecular weight is 413 g/mol. The maximum Gasteiger partial charge on any atom is 0.306 e. The van der Waals surface area contributed by atoms with Gasteiger partial charge in [0, 0.05) is 12.0 Å². The molecule has 0 saturated carbocycles. The number of ketones is 1. The zero-order valence-corrected chi connectivity index (χ0v) is 16.9. The highest BCUT2D eigenvalue weighted by molar-refractivity contribution is 5.99. The number of nitrogens with zero attached hydrogens (tertiary/aromatic N) is 1. The lowest BCUT2D eigenvalue weighted by atomic mass is 9.98. The van der Waals surface area contributed by atoms with Gasteiger partial charge in [0.1, 0.15) is 11.6 Å². The summed E-state index contributed by atoms with van der Waals surface area (Å²) in [5, 5.41) is 0. The van der Waals surface area contributed by atoms with E-state index in [0.29, 0.717) is 5.56 Å². The fraction of sp³-hybridized carbons (Fsp3) is 0.261. The van der Waals surface area contributed by atoms with Gasteiger partial charge in [0.05, 0.1) is 18.2 Å². The fourth-order valence-electron chi connectivity index (χ4n) is 3.04. The third-order valence-corrected chi connectivity index (χ3v) is 4.81. The number of ether oxygens (including phenoxy) is 1. The standard InChI is InChI=1S/C23H21F2NO4/c1-13-9-15(3)16(10-14(13)2)19(27)12-29-22(28)8-7-21-26-11-20(30-21)23-17(24)5-4-6-18(23)25/h4-6,9-11H,7-8,12H2,1-3H3. The van der Waals surface area contributed by atoms with Gasteiger partial charge in [0.15, 0.2) is 18.3 Å². The summed E-state index contributed by atoms with van der Waals surface area (Å²) < 4.78 is 38.0. The lowest BCUT2D eigenvalue weighted by molar-refractivity contribution is -0.142. The van der Waals surface area contributed by atoms with E-state index in [2.05, 4.69) is 4.98 Å². The lowest BCUT2D eigenvalue weighted by Crippen LogP contribution is -2.15. The SMILES string of the molecule is Cc1cc(C)c(C(=O)COC(=O)CCc2ncc(-c3c(F)cccc3F)o2)cc1C. The molecule has 0 bridgehead atoms. The maximum absolute atomic E-state index is 13.8. The van der Waals surface area contributed by atoms with Crippen molar-refractivity contribution in [3.63, 3.8) is 0 Å². The summed E-state index contributed by atoms with van der Waals surface area (Å²) in [6.45, 7) is 5.35. The first-order chi connectivity index (χ1) is 14.3. The highest BCUT2D eigenvalue weighted by Crippen LogP contribution is 2.26. The van der Waals surface area contributed by atoms with Crippen LogP contribution in [0.5, 0.6) is 0 Å². The van der Waals surface area contributed by atoms with E-state index in [4.69, 9.17) is 9.15 Å². The Kier molecular flexibility index (Phi) is 6.40. The van der Waals surface area contributed by atoms with E-state index in [0.717, 1.165) is 28.8 Å². The Morgan fingerprint density at radius 1 is 1.03 bits per heavy atom. The molecular weight excluding hydrogens is 392 g/mol. The Hall–Kier alpha value is -3.35. The van der Waals surface area contributed by atoms with Crippen molar-refractivity contribution in [2.75, 3.05) is 6.61 Å². The molecule has 5 nitrogen and oxygen atoms in total. The fourth-order valence-corrected chi connectivity index (χ4v) is 3.04. The van der Waals surface area contributed by atoms with Crippen LogP contribution in [0, 0.1) is 32.4 Å². The van der Waals surface area contributed by atoms with Gasteiger partial charge in [-0.25, -0.2) is 13.8 Å². The molecule has 0 aliphatic carbocycles. The Morgan fingerprint density at radius 3 is 2.40 bits per heavy atom. The first kappa shape index (κ1) is 21.4. The Morgan fingerprint density at radius 2 is 1.70 bits per heavy atom. The van der Waals surface area contributed by atoms with Crippen molar-refractivity contribution in [3.05, 3.63) is 76.3 Å². The molecule has 1 aromatic heterocycles. The molecule has 0 fully saturated rings. The predicted molar refractivity (Wildman–Crippen MR) is 106 cm³/mol. The second-order valence-electron chi connectivity index (χ2n) is 7.05. The van der Waals surface area contributed by atoms with E-state index >= 15 is 0 Å². The van der Waals surface area contributed by atoms with Gasteiger partial charge in [-0.1, -0.05) is 12.1 Å². The molecule has 2 aromatic carbocycles. The van der Waals surface area contributed by atoms with Crippen molar-refractivity contribution >= 4 is 11.8 Å². The number of benzene rings is 2. The van der Waals surface area contributed by atoms with Crippen LogP contribution in [0.15, 0.2) is 40.9 Å². The summed E-state index contributed by atoms with van der Waals surface area (Å²) in [6, 6.07) is 7.20. The minimum absolute atomic E-state index is 0.0608. The topological polar surface area (TPSA) is 69.4 Å². The molecule has 0 atom stereocenters. The number of aryl methyl sites for hydroxylation is 4. The van der Waals surface area contributed by atoms with Crippen molar-refractivity contribution in [1.29, 1.82) is 0 Å². The number of carbonyl (C=O) groups excluding carboxylic acids is 2. The van der Waals surface area contributed by atoms with Crippen molar-refractivity contribution in [1.82, 2.24) is 4.98 Å². The van der Waals surface area contributed by atoms with E-state index < -0.39 is 17.6 Å². The summed E-state index contributed by atoms with van der Waals surface area (Å²) >= 11 is 0. The quantitative estimate of drug-likeness (QED) is 0.407. The van der Waals surface area contributed by atoms with Gasteiger partial charge in [-0.05, 0) is 55.7 Å². The van der Waals surface area contributed by atoms with Crippen molar-refractivity contribution < 1.29 is 27.5 Å². The summed E-state index contributed by atoms with van der Waals surface area (Å²) in [5.74, 6) is -2.33. The number of halogens is 2. The molecule has 30 heavy (non-hydrogen) atoms. The van der Waals surface area contributed by atoms with Crippen LogP contribution >= 0.6 is 0 Å². The van der Waals surface area contributed by atoms with E-state index in [1.54, 1.807) is 6.07 Å². The summed E-state index contributed by atoms with van der Waals surface area (Å²) in [4.78, 5) is 28.3. The molecule has 1 heterocycles. The van der Waals surface area contributed by atoms with Crippen LogP contribution in [0.4, 0.5) is 8.78 Å². The molecule has 0 aliphatic heterocycles. The number of oxazole rings is 1. The number of aromatic nitrogens is 1. The molecule has 0 aliphatic rings. The smallest absolute Gasteiger partial charge is 0.306 e. The van der Waals surface area contributed by atoms with Crippen LogP contribution in [0.25, 0.3) is 11.3 Å². The van der Waals surface area contributed by atoms with Crippen LogP contribution in [0.2, 0.25) is 0 Å². The number of rotatable bonds is 7. The lowest BCUT2D eigenvalue weighted by Gasteiger charge is -2.09. The largest absolute Gasteiger partial charge is 0.457 e. The summed E-state index contributed by atoms with van der Waals surface area (Å²) in [7, 11) is 0. The first-order valence-corrected chi connectivity index (χ1v) is 9.42. The Labute approximate surface area is 172 Å². The molecular formula is C23H21F2NO4. The summed E-state index contributed by atoms with van der Waals surface area (Å²) in [6.07, 6.45) is 1.19. The highest BCUT2D eigenvalue weighted by Gasteiger charge is 2.17. The summed E-state index contributed by atoms with van der Waals surface area (Å²) in [5.41, 5.74) is 3.11. The number of hydrogen-bond acceptors (Lipinski definition) is 5. The monoisotopic (exact) mass is 413 g/mol. The molecule has 0 N–H and O–H groups in total. The molecule has 3 rings (SSSR count). The van der Waals surface area contributed by atoms with Gasteiger partial charge in [-0.15, -0.1) is 0 Å². The van der Waals surface area contributed by atoms with Crippen LogP contribution in [0.1, 0.15) is 39.4 Å². The molecule has 0 spiro atoms. The van der Waals surface area contributed by atoms with Gasteiger partial charge >= 0.3 is 5.97 Å². The van der Waals surface area contributed by atoms with Gasteiger partial charge in [-0.3, -0.25) is 9.59 Å². The molecule has 156 valence electrons. The van der Waals surface area contributed by atoms with E-state index in [9.17, 15) is 18.4 Å². The molecule has 3 aromatic rings. The first-order valence-electron chi connectivity index (χ1n) is 9.42. The van der Waals surface area contributed by atoms with E-state index in [1.807, 2.05) is 26.8 Å². The van der Waals surface area contributed by atoms with Crippen LogP contribution in [0.3, 0.4) is 0 Å². The average Bonchev–Trinajstić information content (AvgIpc) is 3.15. The maximum atomic E-state index is 13.8. The molecule has 0 saturated heterocycles. The van der Waals surface area contributed by atoms with Crippen molar-refractivity contribution in [3.8, 4) is 11.3 Å². The molecule has 0 amide bonds. The number of Topliss-reactive ketones (excluding diaryl/α,β-unsaturated/α-hetero) is 1. The van der Waals surface area contributed by atoms with Gasteiger partial charge in [0.2, 0.25) is 5.78 Å². The van der Waals surface area contributed by atoms with E-state index in [-0.39, 0.29) is 42.4 Å². The predicted octanol–water partition coefficient (Wildman–Crippen LogP) is 4.90. The zero-order chi connectivity index (χ0) is 21.8. The Bertz CT molecular complexity index is 1080. The molecule has 0 unspecified atom stereocenters. The second kappa shape index (κ2) is 8.98. The zero-order valence-electron chi connectivity index (χ0n) is 16.9. The number of carbonyl (C=O) groups is 2. The van der Waals surface area contributed by atoms with Crippen LogP contribution in [-0.2, 0) is 16.0 Å². The molecule has 7 heteroatoms. The number of hydrogen-bond donors (Lipinski definition) is 0. The number of esters is 1. The Balaban J connectivity index is 1.55. The third kappa shape index (κ3) is 4.79.